The van der Waals surface area contributed by atoms with E-state index in [-0.39, 0.29) is 0 Å². The second-order valence-corrected chi connectivity index (χ2v) is 17.5. The van der Waals surface area contributed by atoms with Crippen LogP contribution in [0.15, 0.2) is 212 Å². The van der Waals surface area contributed by atoms with Crippen LogP contribution in [-0.4, -0.2) is 13.7 Å². The average molecular weight is 850 g/mol. The van der Waals surface area contributed by atoms with Crippen LogP contribution in [0, 0.1) is 22.7 Å². The van der Waals surface area contributed by atoms with Crippen molar-refractivity contribution in [3.8, 4) is 40.3 Å². The van der Waals surface area contributed by atoms with Gasteiger partial charge in [-0.1, -0.05) is 121 Å². The molecule has 67 heavy (non-hydrogen) atoms. The topological polar surface area (TPSA) is 62.4 Å². The van der Waals surface area contributed by atoms with Gasteiger partial charge in [-0.2, -0.15) is 10.5 Å². The summed E-state index contributed by atoms with van der Waals surface area (Å²) in [6.45, 7) is 0. The molecule has 0 amide bonds. The summed E-state index contributed by atoms with van der Waals surface area (Å²) in [7, 11) is 0. The summed E-state index contributed by atoms with van der Waals surface area (Å²) in [4.78, 5) is 0. The molecule has 0 unspecified atom stereocenters. The van der Waals surface area contributed by atoms with E-state index in [1.165, 1.54) is 43.6 Å². The minimum Gasteiger partial charge on any atom is -0.309 e. The minimum absolute atomic E-state index is 0.465. The van der Waals surface area contributed by atoms with Gasteiger partial charge in [0, 0.05) is 49.1 Å². The van der Waals surface area contributed by atoms with Gasteiger partial charge in [-0.15, -0.1) is 0 Å². The zero-order valence-electron chi connectivity index (χ0n) is 35.9. The van der Waals surface area contributed by atoms with Crippen molar-refractivity contribution in [3.63, 3.8) is 0 Å². The molecule has 0 spiro atoms. The first kappa shape index (κ1) is 37.0. The monoisotopic (exact) mass is 849 g/mol. The van der Waals surface area contributed by atoms with E-state index in [0.717, 1.165) is 82.3 Å². The van der Waals surface area contributed by atoms with Gasteiger partial charge in [0.2, 0.25) is 0 Å². The lowest BCUT2D eigenvalue weighted by atomic mass is 9.89. The van der Waals surface area contributed by atoms with Crippen LogP contribution < -0.4 is 0 Å². The number of benzene rings is 11. The highest BCUT2D eigenvalue weighted by Crippen LogP contribution is 2.44. The predicted octanol–water partition coefficient (Wildman–Crippen LogP) is 15.8. The Bertz CT molecular complexity index is 4230. The van der Waals surface area contributed by atoms with Gasteiger partial charge in [0.1, 0.15) is 0 Å². The Labute approximate surface area is 384 Å². The third kappa shape index (κ3) is 5.29. The zero-order valence-corrected chi connectivity index (χ0v) is 35.9. The molecule has 308 valence electrons. The lowest BCUT2D eigenvalue weighted by Crippen LogP contribution is -1.98. The van der Waals surface area contributed by atoms with Gasteiger partial charge in [0.05, 0.1) is 62.1 Å². The Morgan fingerprint density at radius 3 is 1.10 bits per heavy atom. The first-order chi connectivity index (χ1) is 33.1. The molecule has 5 heteroatoms. The highest BCUT2D eigenvalue weighted by molar-refractivity contribution is 6.24. The Morgan fingerprint density at radius 1 is 0.269 bits per heavy atom. The molecule has 0 fully saturated rings. The summed E-state index contributed by atoms with van der Waals surface area (Å²) >= 11 is 0. The SMILES string of the molecule is N#Cc1cc(C#N)cc(-c2cc3c4ccccc4c(-n4c5ccc(-n6c7ccccc7c7ccccc76)cc5c5cc(-n6c7ccccc7c7ccccc76)ccc54)cc3c3ccccc23)c1. The predicted molar refractivity (Wildman–Crippen MR) is 277 cm³/mol. The van der Waals surface area contributed by atoms with Crippen LogP contribution in [0.5, 0.6) is 0 Å². The summed E-state index contributed by atoms with van der Waals surface area (Å²) < 4.78 is 7.28. The van der Waals surface area contributed by atoms with Crippen LogP contribution in [0.4, 0.5) is 0 Å². The van der Waals surface area contributed by atoms with Crippen molar-refractivity contribution in [2.75, 3.05) is 0 Å². The summed E-state index contributed by atoms with van der Waals surface area (Å²) in [5.74, 6) is 0. The van der Waals surface area contributed by atoms with Gasteiger partial charge in [-0.25, -0.2) is 0 Å². The van der Waals surface area contributed by atoms with Crippen molar-refractivity contribution in [2.24, 2.45) is 0 Å². The Balaban J connectivity index is 1.09. The van der Waals surface area contributed by atoms with Gasteiger partial charge in [-0.05, 0) is 129 Å². The Kier molecular flexibility index (Phi) is 7.75. The van der Waals surface area contributed by atoms with E-state index < -0.39 is 0 Å². The molecule has 14 rings (SSSR count). The molecule has 0 radical (unpaired) electrons. The van der Waals surface area contributed by atoms with Gasteiger partial charge in [-0.3, -0.25) is 0 Å². The van der Waals surface area contributed by atoms with Crippen molar-refractivity contribution < 1.29 is 0 Å². The quantitative estimate of drug-likeness (QED) is 0.166. The molecule has 0 saturated heterocycles. The number of para-hydroxylation sites is 4. The number of hydrogen-bond acceptors (Lipinski definition) is 2. The molecule has 0 aliphatic carbocycles. The molecule has 3 aromatic heterocycles. The van der Waals surface area contributed by atoms with Crippen LogP contribution in [0.2, 0.25) is 0 Å². The first-order valence-corrected chi connectivity index (χ1v) is 22.5. The molecule has 0 atom stereocenters. The normalized spacial score (nSPS) is 11.9. The van der Waals surface area contributed by atoms with E-state index in [2.05, 4.69) is 220 Å². The molecule has 0 N–H and O–H groups in total. The van der Waals surface area contributed by atoms with Crippen LogP contribution in [-0.2, 0) is 0 Å². The van der Waals surface area contributed by atoms with Crippen LogP contribution in [0.1, 0.15) is 11.1 Å². The van der Waals surface area contributed by atoms with Gasteiger partial charge >= 0.3 is 0 Å². The number of hydrogen-bond donors (Lipinski definition) is 0. The Hall–Kier alpha value is -9.42. The maximum atomic E-state index is 9.96. The standard InChI is InChI=1S/C62H35N5/c63-36-38-29-39(37-64)31-40(30-38)51-34-52-45-15-3-4-16-46(45)62(35-53(52)44-14-2-1-13-43(44)51)67-60-27-25-41(65-56-21-9-5-17-47(56)48-18-6-10-22-57(48)65)32-54(60)55-33-42(26-28-61(55)67)66-58-23-11-7-19-49(58)50-20-8-12-24-59(50)66/h1-35H. The van der Waals surface area contributed by atoms with E-state index in [1.54, 1.807) is 6.07 Å². The first-order valence-electron chi connectivity index (χ1n) is 22.5. The van der Waals surface area contributed by atoms with E-state index in [4.69, 9.17) is 0 Å². The largest absolute Gasteiger partial charge is 0.309 e. The second-order valence-electron chi connectivity index (χ2n) is 17.5. The number of nitriles is 2. The van der Waals surface area contributed by atoms with Crippen LogP contribution in [0.25, 0.3) is 126 Å². The van der Waals surface area contributed by atoms with Gasteiger partial charge in [0.15, 0.2) is 0 Å². The molecule has 0 aliphatic rings. The summed E-state index contributed by atoms with van der Waals surface area (Å²) in [6.07, 6.45) is 0. The molecule has 0 aliphatic heterocycles. The van der Waals surface area contributed by atoms with E-state index in [0.29, 0.717) is 11.1 Å². The summed E-state index contributed by atoms with van der Waals surface area (Å²) in [5, 5.41) is 33.8. The van der Waals surface area contributed by atoms with E-state index in [9.17, 15) is 10.5 Å². The summed E-state index contributed by atoms with van der Waals surface area (Å²) in [6, 6.07) is 80.6. The van der Waals surface area contributed by atoms with Crippen molar-refractivity contribution in [1.29, 1.82) is 10.5 Å². The summed E-state index contributed by atoms with van der Waals surface area (Å²) in [5.41, 5.74) is 13.0. The fourth-order valence-electron chi connectivity index (χ4n) is 11.2. The number of rotatable bonds is 4. The van der Waals surface area contributed by atoms with Crippen molar-refractivity contribution in [3.05, 3.63) is 223 Å². The maximum Gasteiger partial charge on any atom is 0.0992 e. The fraction of sp³-hybridized carbons (Fsp3) is 0. The lowest BCUT2D eigenvalue weighted by molar-refractivity contribution is 1.17. The molecule has 0 bridgehead atoms. The van der Waals surface area contributed by atoms with Crippen LogP contribution >= 0.6 is 0 Å². The van der Waals surface area contributed by atoms with E-state index in [1.807, 2.05) is 12.1 Å². The molecule has 5 nitrogen and oxygen atoms in total. The van der Waals surface area contributed by atoms with Gasteiger partial charge < -0.3 is 13.7 Å². The third-order valence-corrected chi connectivity index (χ3v) is 14.0. The minimum atomic E-state index is 0.465. The van der Waals surface area contributed by atoms with Crippen LogP contribution in [0.3, 0.4) is 0 Å². The van der Waals surface area contributed by atoms with Gasteiger partial charge in [0.25, 0.3) is 0 Å². The molecule has 0 saturated carbocycles. The number of nitrogens with zero attached hydrogens (tertiary/aromatic N) is 5. The van der Waals surface area contributed by atoms with E-state index >= 15 is 0 Å². The average Bonchev–Trinajstić information content (AvgIpc) is 4.03. The molecular formula is C62H35N5. The highest BCUT2D eigenvalue weighted by Gasteiger charge is 2.22. The zero-order chi connectivity index (χ0) is 44.3. The second kappa shape index (κ2) is 14.0. The molecule has 14 aromatic rings. The number of aromatic nitrogens is 3. The van der Waals surface area contributed by atoms with Crippen molar-refractivity contribution in [1.82, 2.24) is 13.7 Å². The highest BCUT2D eigenvalue weighted by atomic mass is 15.0. The lowest BCUT2D eigenvalue weighted by Gasteiger charge is -2.18. The molecule has 11 aromatic carbocycles. The number of fused-ring (bicyclic) bond motifs is 14. The van der Waals surface area contributed by atoms with Crippen molar-refractivity contribution >= 4 is 97.7 Å². The Morgan fingerprint density at radius 2 is 0.642 bits per heavy atom. The third-order valence-electron chi connectivity index (χ3n) is 14.0. The maximum absolute atomic E-state index is 9.96. The molecular weight excluding hydrogens is 815 g/mol. The smallest absolute Gasteiger partial charge is 0.0992 e. The van der Waals surface area contributed by atoms with Crippen molar-refractivity contribution in [2.45, 2.75) is 0 Å². The fourth-order valence-corrected chi connectivity index (χ4v) is 11.2. The molecule has 3 heterocycles.